The first-order valence-electron chi connectivity index (χ1n) is 3.64. The molecule has 0 aliphatic carbocycles. The Kier molecular flexibility index (Phi) is 1.96. The van der Waals surface area contributed by atoms with Crippen molar-refractivity contribution in [3.8, 4) is 0 Å². The van der Waals surface area contributed by atoms with E-state index in [1.165, 1.54) is 16.7 Å². The van der Waals surface area contributed by atoms with Gasteiger partial charge in [-0.1, -0.05) is 34.1 Å². The highest BCUT2D eigenvalue weighted by Crippen LogP contribution is 2.21. The SMILES string of the molecule is BrCc1ccc2c(c1)COC2. The van der Waals surface area contributed by atoms with E-state index >= 15 is 0 Å². The minimum Gasteiger partial charge on any atom is -0.372 e. The van der Waals surface area contributed by atoms with Crippen LogP contribution in [0.3, 0.4) is 0 Å². The summed E-state index contributed by atoms with van der Waals surface area (Å²) in [4.78, 5) is 0. The highest BCUT2D eigenvalue weighted by molar-refractivity contribution is 9.08. The molecule has 0 saturated carbocycles. The van der Waals surface area contributed by atoms with E-state index in [1.54, 1.807) is 0 Å². The Balaban J connectivity index is 2.41. The zero-order chi connectivity index (χ0) is 7.68. The molecule has 1 aromatic rings. The summed E-state index contributed by atoms with van der Waals surface area (Å²) in [5.74, 6) is 0. The molecule has 0 N–H and O–H groups in total. The maximum absolute atomic E-state index is 5.30. The van der Waals surface area contributed by atoms with Crippen molar-refractivity contribution in [3.05, 3.63) is 34.9 Å². The van der Waals surface area contributed by atoms with Crippen LogP contribution in [0.5, 0.6) is 0 Å². The molecule has 0 saturated heterocycles. The average Bonchev–Trinajstić information content (AvgIpc) is 2.50. The number of hydrogen-bond donors (Lipinski definition) is 0. The quantitative estimate of drug-likeness (QED) is 0.651. The first-order chi connectivity index (χ1) is 5.40. The molecular formula is C9H9BrO. The van der Waals surface area contributed by atoms with Crippen molar-refractivity contribution < 1.29 is 4.74 Å². The molecule has 1 nitrogen and oxygen atoms in total. The Hall–Kier alpha value is -0.340. The summed E-state index contributed by atoms with van der Waals surface area (Å²) in [6.45, 7) is 1.58. The molecule has 1 heterocycles. The predicted molar refractivity (Wildman–Crippen MR) is 47.6 cm³/mol. The van der Waals surface area contributed by atoms with E-state index in [-0.39, 0.29) is 0 Å². The van der Waals surface area contributed by atoms with Crippen molar-refractivity contribution >= 4 is 15.9 Å². The Labute approximate surface area is 74.5 Å². The van der Waals surface area contributed by atoms with Crippen LogP contribution >= 0.6 is 15.9 Å². The van der Waals surface area contributed by atoms with Gasteiger partial charge in [0.2, 0.25) is 0 Å². The van der Waals surface area contributed by atoms with Crippen LogP contribution in [-0.2, 0) is 23.3 Å². The minimum absolute atomic E-state index is 0.788. The fourth-order valence-electron chi connectivity index (χ4n) is 1.31. The third kappa shape index (κ3) is 1.33. The van der Waals surface area contributed by atoms with Crippen LogP contribution in [0, 0.1) is 0 Å². The number of alkyl halides is 1. The van der Waals surface area contributed by atoms with Crippen molar-refractivity contribution in [1.82, 2.24) is 0 Å². The van der Waals surface area contributed by atoms with Crippen LogP contribution in [0.4, 0.5) is 0 Å². The molecular weight excluding hydrogens is 204 g/mol. The third-order valence-electron chi connectivity index (χ3n) is 1.94. The molecule has 0 unspecified atom stereocenters. The smallest absolute Gasteiger partial charge is 0.0725 e. The summed E-state index contributed by atoms with van der Waals surface area (Å²) in [5.41, 5.74) is 4.02. The van der Waals surface area contributed by atoms with Crippen LogP contribution in [-0.4, -0.2) is 0 Å². The molecule has 2 rings (SSSR count). The number of fused-ring (bicyclic) bond motifs is 1. The van der Waals surface area contributed by atoms with Crippen LogP contribution in [0.15, 0.2) is 18.2 Å². The standard InChI is InChI=1S/C9H9BrO/c10-4-7-1-2-8-5-11-6-9(8)3-7/h1-3H,4-6H2. The van der Waals surface area contributed by atoms with Crippen molar-refractivity contribution in [2.24, 2.45) is 0 Å². The molecule has 1 aliphatic heterocycles. The van der Waals surface area contributed by atoms with Crippen LogP contribution in [0.25, 0.3) is 0 Å². The lowest BCUT2D eigenvalue weighted by Crippen LogP contribution is -1.84. The zero-order valence-corrected chi connectivity index (χ0v) is 7.73. The average molecular weight is 213 g/mol. The molecule has 2 heteroatoms. The Morgan fingerprint density at radius 1 is 1.27 bits per heavy atom. The normalized spacial score (nSPS) is 15.0. The molecule has 58 valence electrons. The zero-order valence-electron chi connectivity index (χ0n) is 6.14. The molecule has 0 amide bonds. The molecule has 0 radical (unpaired) electrons. The van der Waals surface area contributed by atoms with E-state index in [1.807, 2.05) is 0 Å². The van der Waals surface area contributed by atoms with E-state index in [0.29, 0.717) is 0 Å². The van der Waals surface area contributed by atoms with Gasteiger partial charge in [-0.25, -0.2) is 0 Å². The van der Waals surface area contributed by atoms with Gasteiger partial charge in [0.1, 0.15) is 0 Å². The molecule has 0 atom stereocenters. The Bertz CT molecular complexity index is 270. The summed E-state index contributed by atoms with van der Waals surface area (Å²) < 4.78 is 5.30. The fraction of sp³-hybridized carbons (Fsp3) is 0.333. The number of benzene rings is 1. The van der Waals surface area contributed by atoms with Gasteiger partial charge in [-0.2, -0.15) is 0 Å². The van der Waals surface area contributed by atoms with Gasteiger partial charge in [-0.05, 0) is 16.7 Å². The van der Waals surface area contributed by atoms with Gasteiger partial charge in [0.05, 0.1) is 13.2 Å². The highest BCUT2D eigenvalue weighted by atomic mass is 79.9. The largest absolute Gasteiger partial charge is 0.372 e. The third-order valence-corrected chi connectivity index (χ3v) is 2.59. The topological polar surface area (TPSA) is 9.23 Å². The summed E-state index contributed by atoms with van der Waals surface area (Å²) in [5, 5.41) is 0.931. The maximum Gasteiger partial charge on any atom is 0.0725 e. The van der Waals surface area contributed by atoms with Crippen molar-refractivity contribution in [2.75, 3.05) is 0 Å². The lowest BCUT2D eigenvalue weighted by molar-refractivity contribution is 0.134. The van der Waals surface area contributed by atoms with Gasteiger partial charge in [-0.3, -0.25) is 0 Å². The van der Waals surface area contributed by atoms with Crippen molar-refractivity contribution in [3.63, 3.8) is 0 Å². The maximum atomic E-state index is 5.30. The molecule has 0 fully saturated rings. The van der Waals surface area contributed by atoms with Crippen LogP contribution in [0.1, 0.15) is 16.7 Å². The summed E-state index contributed by atoms with van der Waals surface area (Å²) >= 11 is 3.42. The van der Waals surface area contributed by atoms with Crippen molar-refractivity contribution in [1.29, 1.82) is 0 Å². The second-order valence-corrected chi connectivity index (χ2v) is 3.29. The lowest BCUT2D eigenvalue weighted by atomic mass is 10.1. The van der Waals surface area contributed by atoms with Crippen molar-refractivity contribution in [2.45, 2.75) is 18.5 Å². The minimum atomic E-state index is 0.788. The number of halogens is 1. The van der Waals surface area contributed by atoms with E-state index in [4.69, 9.17) is 4.74 Å². The number of rotatable bonds is 1. The fourth-order valence-corrected chi connectivity index (χ4v) is 1.66. The van der Waals surface area contributed by atoms with Gasteiger partial charge < -0.3 is 4.74 Å². The van der Waals surface area contributed by atoms with Crippen LogP contribution < -0.4 is 0 Å². The molecule has 1 aromatic carbocycles. The molecule has 11 heavy (non-hydrogen) atoms. The second kappa shape index (κ2) is 2.95. The van der Waals surface area contributed by atoms with Gasteiger partial charge in [0.25, 0.3) is 0 Å². The van der Waals surface area contributed by atoms with E-state index < -0.39 is 0 Å². The van der Waals surface area contributed by atoms with Gasteiger partial charge in [0.15, 0.2) is 0 Å². The van der Waals surface area contributed by atoms with Gasteiger partial charge in [0, 0.05) is 5.33 Å². The number of hydrogen-bond acceptors (Lipinski definition) is 1. The monoisotopic (exact) mass is 212 g/mol. The second-order valence-electron chi connectivity index (χ2n) is 2.73. The first kappa shape index (κ1) is 7.32. The summed E-state index contributed by atoms with van der Waals surface area (Å²) in [6.07, 6.45) is 0. The van der Waals surface area contributed by atoms with Gasteiger partial charge in [-0.15, -0.1) is 0 Å². The van der Waals surface area contributed by atoms with Crippen LogP contribution in [0.2, 0.25) is 0 Å². The molecule has 1 aliphatic rings. The highest BCUT2D eigenvalue weighted by Gasteiger charge is 2.10. The predicted octanol–water partition coefficient (Wildman–Crippen LogP) is 2.61. The van der Waals surface area contributed by atoms with E-state index in [0.717, 1.165) is 18.5 Å². The molecule has 0 spiro atoms. The summed E-state index contributed by atoms with van der Waals surface area (Å²) in [7, 11) is 0. The Morgan fingerprint density at radius 3 is 2.91 bits per heavy atom. The lowest BCUT2D eigenvalue weighted by Gasteiger charge is -1.98. The molecule has 0 aromatic heterocycles. The van der Waals surface area contributed by atoms with E-state index in [2.05, 4.69) is 34.1 Å². The number of ether oxygens (including phenoxy) is 1. The molecule has 0 bridgehead atoms. The first-order valence-corrected chi connectivity index (χ1v) is 4.76. The Morgan fingerprint density at radius 2 is 2.09 bits per heavy atom. The van der Waals surface area contributed by atoms with Gasteiger partial charge >= 0.3 is 0 Å². The van der Waals surface area contributed by atoms with E-state index in [9.17, 15) is 0 Å². The summed E-state index contributed by atoms with van der Waals surface area (Å²) in [6, 6.07) is 6.50.